The average Bonchev–Trinajstić information content (AvgIpc) is 2.23. The summed E-state index contributed by atoms with van der Waals surface area (Å²) in [5.74, 6) is 1.34. The van der Waals surface area contributed by atoms with E-state index >= 15 is 0 Å². The molecule has 0 saturated carbocycles. The van der Waals surface area contributed by atoms with Gasteiger partial charge in [-0.3, -0.25) is 0 Å². The summed E-state index contributed by atoms with van der Waals surface area (Å²) in [6, 6.07) is 9.25. The molecule has 17 heavy (non-hydrogen) atoms. The Hall–Kier alpha value is -0.340. The van der Waals surface area contributed by atoms with Crippen LogP contribution in [0, 0.1) is 5.92 Å². The van der Waals surface area contributed by atoms with Gasteiger partial charge in [0.25, 0.3) is 0 Å². The summed E-state index contributed by atoms with van der Waals surface area (Å²) in [5.41, 5.74) is 1.43. The number of hydrogen-bond acceptors (Lipinski definition) is 1. The van der Waals surface area contributed by atoms with Crippen molar-refractivity contribution in [3.8, 4) is 0 Å². The van der Waals surface area contributed by atoms with Gasteiger partial charge < -0.3 is 5.32 Å². The monoisotopic (exact) mass is 297 g/mol. The van der Waals surface area contributed by atoms with Gasteiger partial charge in [-0.1, -0.05) is 55.8 Å². The molecular formula is C15H24BrN. The highest BCUT2D eigenvalue weighted by atomic mass is 79.9. The number of hydrogen-bond donors (Lipinski definition) is 1. The molecular weight excluding hydrogens is 274 g/mol. The number of benzene rings is 1. The van der Waals surface area contributed by atoms with E-state index in [1.807, 2.05) is 0 Å². The van der Waals surface area contributed by atoms with Crippen molar-refractivity contribution in [3.63, 3.8) is 0 Å². The van der Waals surface area contributed by atoms with E-state index in [4.69, 9.17) is 0 Å². The minimum absolute atomic E-state index is 0.553. The van der Waals surface area contributed by atoms with Crippen LogP contribution in [0.15, 0.2) is 28.7 Å². The molecule has 0 saturated heterocycles. The van der Waals surface area contributed by atoms with E-state index in [1.165, 1.54) is 16.5 Å². The number of rotatable bonds is 6. The normalized spacial score (nSPS) is 13.4. The third-order valence-electron chi connectivity index (χ3n) is 2.85. The average molecular weight is 298 g/mol. The minimum Gasteiger partial charge on any atom is -0.314 e. The van der Waals surface area contributed by atoms with Gasteiger partial charge >= 0.3 is 0 Å². The maximum absolute atomic E-state index is 3.56. The van der Waals surface area contributed by atoms with Gasteiger partial charge in [-0.25, -0.2) is 0 Å². The number of nitrogens with one attached hydrogen (secondary N) is 1. The fourth-order valence-corrected chi connectivity index (χ4v) is 2.46. The lowest BCUT2D eigenvalue weighted by molar-refractivity contribution is 0.452. The predicted octanol–water partition coefficient (Wildman–Crippen LogP) is 4.58. The summed E-state index contributed by atoms with van der Waals surface area (Å²) < 4.78 is 1.17. The molecule has 0 aliphatic heterocycles. The quantitative estimate of drug-likeness (QED) is 0.810. The SMILES string of the molecule is CC(C)CC(CNC(C)C)c1cccc(Br)c1. The zero-order valence-corrected chi connectivity index (χ0v) is 12.9. The van der Waals surface area contributed by atoms with E-state index < -0.39 is 0 Å². The first-order chi connectivity index (χ1) is 7.99. The summed E-state index contributed by atoms with van der Waals surface area (Å²) in [6.45, 7) is 10.0. The summed E-state index contributed by atoms with van der Waals surface area (Å²) in [5, 5.41) is 3.55. The van der Waals surface area contributed by atoms with E-state index in [1.54, 1.807) is 0 Å². The van der Waals surface area contributed by atoms with E-state index in [9.17, 15) is 0 Å². The highest BCUT2D eigenvalue weighted by Crippen LogP contribution is 2.25. The van der Waals surface area contributed by atoms with Gasteiger partial charge in [0, 0.05) is 17.1 Å². The van der Waals surface area contributed by atoms with Crippen LogP contribution in [0.3, 0.4) is 0 Å². The van der Waals surface area contributed by atoms with Crippen molar-refractivity contribution in [1.29, 1.82) is 0 Å². The first-order valence-corrected chi connectivity index (χ1v) is 7.27. The topological polar surface area (TPSA) is 12.0 Å². The zero-order valence-electron chi connectivity index (χ0n) is 11.3. The third kappa shape index (κ3) is 5.69. The van der Waals surface area contributed by atoms with E-state index in [0.29, 0.717) is 12.0 Å². The fourth-order valence-electron chi connectivity index (χ4n) is 2.04. The van der Waals surface area contributed by atoms with Crippen LogP contribution in [0.25, 0.3) is 0 Å². The molecule has 96 valence electrons. The second kappa shape index (κ2) is 7.17. The van der Waals surface area contributed by atoms with Crippen molar-refractivity contribution in [3.05, 3.63) is 34.3 Å². The zero-order chi connectivity index (χ0) is 12.8. The molecule has 0 aliphatic carbocycles. The molecule has 1 aromatic rings. The molecule has 0 amide bonds. The lowest BCUT2D eigenvalue weighted by Crippen LogP contribution is -2.28. The maximum Gasteiger partial charge on any atom is 0.0178 e. The van der Waals surface area contributed by atoms with Crippen LogP contribution in [0.4, 0.5) is 0 Å². The molecule has 0 aliphatic rings. The van der Waals surface area contributed by atoms with Gasteiger partial charge in [-0.15, -0.1) is 0 Å². The molecule has 0 bridgehead atoms. The molecule has 0 heterocycles. The molecule has 1 nitrogen and oxygen atoms in total. The van der Waals surface area contributed by atoms with Crippen molar-refractivity contribution in [2.75, 3.05) is 6.54 Å². The molecule has 0 spiro atoms. The second-order valence-corrected chi connectivity index (χ2v) is 6.36. The van der Waals surface area contributed by atoms with E-state index in [2.05, 4.69) is 73.2 Å². The lowest BCUT2D eigenvalue weighted by atomic mass is 9.90. The largest absolute Gasteiger partial charge is 0.314 e. The molecule has 2 heteroatoms. The lowest BCUT2D eigenvalue weighted by Gasteiger charge is -2.21. The first kappa shape index (κ1) is 14.7. The number of halogens is 1. The molecule has 1 N–H and O–H groups in total. The second-order valence-electron chi connectivity index (χ2n) is 5.44. The van der Waals surface area contributed by atoms with Crippen LogP contribution in [-0.4, -0.2) is 12.6 Å². The fraction of sp³-hybridized carbons (Fsp3) is 0.600. The third-order valence-corrected chi connectivity index (χ3v) is 3.34. The van der Waals surface area contributed by atoms with Gasteiger partial charge in [-0.05, 0) is 36.0 Å². The summed E-state index contributed by atoms with van der Waals surface area (Å²) in [7, 11) is 0. The highest BCUT2D eigenvalue weighted by Gasteiger charge is 2.14. The van der Waals surface area contributed by atoms with Crippen molar-refractivity contribution in [2.45, 2.75) is 46.1 Å². The molecule has 0 aromatic heterocycles. The molecule has 1 atom stereocenters. The van der Waals surface area contributed by atoms with Gasteiger partial charge in [-0.2, -0.15) is 0 Å². The van der Waals surface area contributed by atoms with Gasteiger partial charge in [0.15, 0.2) is 0 Å². The Kier molecular flexibility index (Phi) is 6.21. The van der Waals surface area contributed by atoms with E-state index in [-0.39, 0.29) is 0 Å². The molecule has 1 aromatic carbocycles. The highest BCUT2D eigenvalue weighted by molar-refractivity contribution is 9.10. The Morgan fingerprint density at radius 3 is 2.41 bits per heavy atom. The van der Waals surface area contributed by atoms with Gasteiger partial charge in [0.2, 0.25) is 0 Å². The Balaban J connectivity index is 2.74. The van der Waals surface area contributed by atoms with Crippen molar-refractivity contribution < 1.29 is 0 Å². The van der Waals surface area contributed by atoms with Crippen LogP contribution in [0.5, 0.6) is 0 Å². The summed E-state index contributed by atoms with van der Waals surface area (Å²) in [4.78, 5) is 0. The van der Waals surface area contributed by atoms with Crippen molar-refractivity contribution >= 4 is 15.9 Å². The minimum atomic E-state index is 0.553. The Morgan fingerprint density at radius 2 is 1.88 bits per heavy atom. The predicted molar refractivity (Wildman–Crippen MR) is 79.5 cm³/mol. The molecule has 0 radical (unpaired) electrons. The van der Waals surface area contributed by atoms with Crippen LogP contribution >= 0.6 is 15.9 Å². The first-order valence-electron chi connectivity index (χ1n) is 6.48. The van der Waals surface area contributed by atoms with Crippen molar-refractivity contribution in [2.24, 2.45) is 5.92 Å². The van der Waals surface area contributed by atoms with Gasteiger partial charge in [0.05, 0.1) is 0 Å². The van der Waals surface area contributed by atoms with Crippen LogP contribution in [-0.2, 0) is 0 Å². The molecule has 0 fully saturated rings. The summed E-state index contributed by atoms with van der Waals surface area (Å²) >= 11 is 3.56. The van der Waals surface area contributed by atoms with Gasteiger partial charge in [0.1, 0.15) is 0 Å². The Bertz CT molecular complexity index is 333. The Labute approximate surface area is 114 Å². The van der Waals surface area contributed by atoms with Crippen molar-refractivity contribution in [1.82, 2.24) is 5.32 Å². The molecule has 1 rings (SSSR count). The van der Waals surface area contributed by atoms with E-state index in [0.717, 1.165) is 12.5 Å². The maximum atomic E-state index is 3.56. The standard InChI is InChI=1S/C15H24BrN/c1-11(2)8-14(10-17-12(3)4)13-6-5-7-15(16)9-13/h5-7,9,11-12,14,17H,8,10H2,1-4H3. The molecule has 1 unspecified atom stereocenters. The van der Waals surface area contributed by atoms with Crippen LogP contribution in [0.2, 0.25) is 0 Å². The van der Waals surface area contributed by atoms with Crippen LogP contribution in [0.1, 0.15) is 45.6 Å². The Morgan fingerprint density at radius 1 is 1.18 bits per heavy atom. The van der Waals surface area contributed by atoms with Crippen LogP contribution < -0.4 is 5.32 Å². The smallest absolute Gasteiger partial charge is 0.0178 e. The summed E-state index contributed by atoms with van der Waals surface area (Å²) in [6.07, 6.45) is 1.23.